The summed E-state index contributed by atoms with van der Waals surface area (Å²) in [7, 11) is 0. The van der Waals surface area contributed by atoms with E-state index in [9.17, 15) is 0 Å². The molecule has 96 valence electrons. The Kier molecular flexibility index (Phi) is 5.77. The Balaban J connectivity index is 0.000000606. The Morgan fingerprint density at radius 2 is 1.69 bits per heavy atom. The molecule has 0 spiro atoms. The van der Waals surface area contributed by atoms with Gasteiger partial charge in [-0.2, -0.15) is 0 Å². The Hall–Kier alpha value is -0.0800. The summed E-state index contributed by atoms with van der Waals surface area (Å²) in [5.41, 5.74) is 0.550. The number of hydrogen-bond donors (Lipinski definition) is 0. The summed E-state index contributed by atoms with van der Waals surface area (Å²) in [4.78, 5) is 2.62. The van der Waals surface area contributed by atoms with Gasteiger partial charge in [0.05, 0.1) is 12.7 Å². The highest BCUT2D eigenvalue weighted by molar-refractivity contribution is 4.96. The van der Waals surface area contributed by atoms with Gasteiger partial charge in [0, 0.05) is 12.0 Å². The van der Waals surface area contributed by atoms with Gasteiger partial charge in [-0.1, -0.05) is 13.8 Å². The van der Waals surface area contributed by atoms with Gasteiger partial charge in [-0.15, -0.1) is 0 Å². The minimum absolute atomic E-state index is 0.394. The van der Waals surface area contributed by atoms with Crippen molar-refractivity contribution in [1.82, 2.24) is 4.90 Å². The van der Waals surface area contributed by atoms with Crippen LogP contribution in [-0.2, 0) is 4.74 Å². The van der Waals surface area contributed by atoms with Crippen molar-refractivity contribution in [3.8, 4) is 0 Å². The van der Waals surface area contributed by atoms with Crippen LogP contribution >= 0.6 is 0 Å². The van der Waals surface area contributed by atoms with Crippen molar-refractivity contribution in [2.45, 2.75) is 59.5 Å². The lowest BCUT2D eigenvalue weighted by Gasteiger charge is -2.23. The van der Waals surface area contributed by atoms with Gasteiger partial charge in [-0.25, -0.2) is 0 Å². The van der Waals surface area contributed by atoms with E-state index >= 15 is 0 Å². The maximum atomic E-state index is 5.75. The van der Waals surface area contributed by atoms with Crippen LogP contribution in [-0.4, -0.2) is 37.2 Å². The van der Waals surface area contributed by atoms with Gasteiger partial charge in [0.15, 0.2) is 0 Å². The minimum Gasteiger partial charge on any atom is -0.378 e. The van der Waals surface area contributed by atoms with E-state index in [2.05, 4.69) is 18.7 Å². The minimum atomic E-state index is 0.394. The van der Waals surface area contributed by atoms with E-state index in [1.807, 2.05) is 13.8 Å². The van der Waals surface area contributed by atoms with Gasteiger partial charge in [0.2, 0.25) is 0 Å². The topological polar surface area (TPSA) is 12.5 Å². The summed E-state index contributed by atoms with van der Waals surface area (Å²) in [6, 6.07) is 0. The van der Waals surface area contributed by atoms with Crippen LogP contribution in [0, 0.1) is 5.41 Å². The molecule has 2 fully saturated rings. The second-order valence-corrected chi connectivity index (χ2v) is 5.34. The van der Waals surface area contributed by atoms with Gasteiger partial charge in [-0.3, -0.25) is 0 Å². The molecule has 1 saturated heterocycles. The lowest BCUT2D eigenvalue weighted by Crippen LogP contribution is -2.31. The molecular weight excluding hydrogens is 198 g/mol. The van der Waals surface area contributed by atoms with Crippen LogP contribution in [0.15, 0.2) is 0 Å². The molecule has 1 heterocycles. The van der Waals surface area contributed by atoms with Crippen molar-refractivity contribution in [1.29, 1.82) is 0 Å². The molecule has 2 aliphatic rings. The molecule has 0 aromatic carbocycles. The Morgan fingerprint density at radius 1 is 1.12 bits per heavy atom. The highest BCUT2D eigenvalue weighted by Crippen LogP contribution is 2.47. The maximum absolute atomic E-state index is 5.75. The molecule has 1 saturated carbocycles. The summed E-state index contributed by atoms with van der Waals surface area (Å²) in [6.45, 7) is 13.2. The molecular formula is C14H29NO. The number of ether oxygens (including phenoxy) is 1. The first-order valence-electron chi connectivity index (χ1n) is 7.04. The van der Waals surface area contributed by atoms with Crippen LogP contribution < -0.4 is 0 Å². The van der Waals surface area contributed by atoms with Gasteiger partial charge >= 0.3 is 0 Å². The lowest BCUT2D eigenvalue weighted by molar-refractivity contribution is 0.0335. The van der Waals surface area contributed by atoms with Crippen LogP contribution in [0.4, 0.5) is 0 Å². The van der Waals surface area contributed by atoms with Crippen LogP contribution in [0.1, 0.15) is 53.4 Å². The van der Waals surface area contributed by atoms with Gasteiger partial charge < -0.3 is 9.64 Å². The fourth-order valence-electron chi connectivity index (χ4n) is 2.28. The number of rotatable bonds is 5. The quantitative estimate of drug-likeness (QED) is 0.714. The van der Waals surface area contributed by atoms with Crippen molar-refractivity contribution >= 4 is 0 Å². The van der Waals surface area contributed by atoms with E-state index in [1.165, 1.54) is 45.3 Å². The van der Waals surface area contributed by atoms with E-state index < -0.39 is 0 Å². The zero-order chi connectivity index (χ0) is 12.0. The molecule has 0 amide bonds. The maximum Gasteiger partial charge on any atom is 0.0538 e. The summed E-state index contributed by atoms with van der Waals surface area (Å²) < 4.78 is 5.75. The van der Waals surface area contributed by atoms with Crippen molar-refractivity contribution < 1.29 is 4.74 Å². The summed E-state index contributed by atoms with van der Waals surface area (Å²) in [6.07, 6.45) is 5.97. The molecule has 0 radical (unpaired) electrons. The normalized spacial score (nSPS) is 23.1. The third-order valence-corrected chi connectivity index (χ3v) is 3.44. The number of hydrogen-bond acceptors (Lipinski definition) is 2. The summed E-state index contributed by atoms with van der Waals surface area (Å²) in [5.74, 6) is 0. The first-order chi connectivity index (χ1) is 7.70. The van der Waals surface area contributed by atoms with Gasteiger partial charge in [0.25, 0.3) is 0 Å². The molecule has 0 unspecified atom stereocenters. The zero-order valence-corrected chi connectivity index (χ0v) is 11.6. The van der Waals surface area contributed by atoms with E-state index in [0.29, 0.717) is 11.5 Å². The summed E-state index contributed by atoms with van der Waals surface area (Å²) >= 11 is 0. The Morgan fingerprint density at radius 3 is 2.12 bits per heavy atom. The van der Waals surface area contributed by atoms with Crippen LogP contribution in [0.5, 0.6) is 0 Å². The van der Waals surface area contributed by atoms with Crippen molar-refractivity contribution in [2.75, 3.05) is 26.2 Å². The highest BCUT2D eigenvalue weighted by Gasteiger charge is 2.44. The zero-order valence-electron chi connectivity index (χ0n) is 11.6. The third-order valence-electron chi connectivity index (χ3n) is 3.44. The second-order valence-electron chi connectivity index (χ2n) is 5.34. The van der Waals surface area contributed by atoms with Crippen molar-refractivity contribution in [2.24, 2.45) is 5.41 Å². The van der Waals surface area contributed by atoms with Crippen LogP contribution in [0.25, 0.3) is 0 Å². The first-order valence-corrected chi connectivity index (χ1v) is 7.04. The SMILES string of the molecule is CC.CC(C)OCC1(CN2CCCC2)CC1. The Labute approximate surface area is 101 Å². The lowest BCUT2D eigenvalue weighted by atomic mass is 10.1. The predicted octanol–water partition coefficient (Wildman–Crippen LogP) is 3.31. The second kappa shape index (κ2) is 6.61. The average Bonchev–Trinajstić information content (AvgIpc) is 2.85. The van der Waals surface area contributed by atoms with Crippen molar-refractivity contribution in [3.63, 3.8) is 0 Å². The molecule has 0 bridgehead atoms. The molecule has 0 aromatic heterocycles. The Bertz CT molecular complexity index is 181. The third kappa shape index (κ3) is 4.42. The number of likely N-dealkylation sites (tertiary alicyclic amines) is 1. The van der Waals surface area contributed by atoms with Crippen LogP contribution in [0.3, 0.4) is 0 Å². The number of nitrogens with zero attached hydrogens (tertiary/aromatic N) is 1. The molecule has 2 nitrogen and oxygen atoms in total. The molecule has 1 aliphatic carbocycles. The monoisotopic (exact) mass is 227 g/mol. The average molecular weight is 227 g/mol. The largest absolute Gasteiger partial charge is 0.378 e. The van der Waals surface area contributed by atoms with E-state index in [0.717, 1.165) is 6.61 Å². The van der Waals surface area contributed by atoms with Crippen molar-refractivity contribution in [3.05, 3.63) is 0 Å². The molecule has 2 rings (SSSR count). The molecule has 0 N–H and O–H groups in total. The van der Waals surface area contributed by atoms with Crippen LogP contribution in [0.2, 0.25) is 0 Å². The molecule has 0 atom stereocenters. The predicted molar refractivity (Wildman–Crippen MR) is 69.8 cm³/mol. The highest BCUT2D eigenvalue weighted by atomic mass is 16.5. The molecule has 1 aliphatic heterocycles. The summed E-state index contributed by atoms with van der Waals surface area (Å²) in [5, 5.41) is 0. The van der Waals surface area contributed by atoms with E-state index in [-0.39, 0.29) is 0 Å². The smallest absolute Gasteiger partial charge is 0.0538 e. The van der Waals surface area contributed by atoms with E-state index in [1.54, 1.807) is 0 Å². The molecule has 16 heavy (non-hydrogen) atoms. The van der Waals surface area contributed by atoms with Gasteiger partial charge in [-0.05, 0) is 52.6 Å². The first kappa shape index (κ1) is 14.0. The fourth-order valence-corrected chi connectivity index (χ4v) is 2.28. The van der Waals surface area contributed by atoms with Gasteiger partial charge in [0.1, 0.15) is 0 Å². The molecule has 0 aromatic rings. The van der Waals surface area contributed by atoms with E-state index in [4.69, 9.17) is 4.74 Å². The molecule has 2 heteroatoms. The fraction of sp³-hybridized carbons (Fsp3) is 1.00. The standard InChI is InChI=1S/C12H23NO.C2H6/c1-11(2)14-10-12(5-6-12)9-13-7-3-4-8-13;1-2/h11H,3-10H2,1-2H3;1-2H3.